The topological polar surface area (TPSA) is 15.3 Å². The summed E-state index contributed by atoms with van der Waals surface area (Å²) in [5.74, 6) is 0. The van der Waals surface area contributed by atoms with Gasteiger partial charge in [-0.05, 0) is 43.0 Å². The molecule has 0 aromatic heterocycles. The summed E-state index contributed by atoms with van der Waals surface area (Å²) < 4.78 is 0. The molecule has 0 spiro atoms. The largest absolute Gasteiger partial charge is 0.315 e. The van der Waals surface area contributed by atoms with Crippen molar-refractivity contribution in [2.24, 2.45) is 0 Å². The van der Waals surface area contributed by atoms with E-state index in [0.29, 0.717) is 6.04 Å². The van der Waals surface area contributed by atoms with Crippen LogP contribution < -0.4 is 5.32 Å². The predicted molar refractivity (Wildman–Crippen MR) is 97.9 cm³/mol. The van der Waals surface area contributed by atoms with Gasteiger partial charge in [0.1, 0.15) is 0 Å². The van der Waals surface area contributed by atoms with Crippen molar-refractivity contribution in [3.05, 3.63) is 70.8 Å². The van der Waals surface area contributed by atoms with Crippen LogP contribution in [0.4, 0.5) is 0 Å². The highest BCUT2D eigenvalue weighted by Gasteiger charge is 2.23. The molecule has 1 saturated heterocycles. The Kier molecular flexibility index (Phi) is 5.47. The van der Waals surface area contributed by atoms with Gasteiger partial charge in [-0.15, -0.1) is 0 Å². The number of aryl methyl sites for hydroxylation is 2. The number of nitrogens with zero attached hydrogens (tertiary/aromatic N) is 1. The highest BCUT2D eigenvalue weighted by Crippen LogP contribution is 2.29. The third-order valence-electron chi connectivity index (χ3n) is 4.84. The molecule has 1 heterocycles. The molecule has 0 radical (unpaired) electrons. The SMILES string of the molecule is CCc1ccc(C(c2ccc(C)cc2)N2CCCNCC2)cc1. The van der Waals surface area contributed by atoms with E-state index in [9.17, 15) is 0 Å². The molecule has 2 nitrogen and oxygen atoms in total. The van der Waals surface area contributed by atoms with Crippen molar-refractivity contribution < 1.29 is 0 Å². The lowest BCUT2D eigenvalue weighted by Crippen LogP contribution is -2.33. The van der Waals surface area contributed by atoms with Crippen LogP contribution in [0.25, 0.3) is 0 Å². The van der Waals surface area contributed by atoms with E-state index in [4.69, 9.17) is 0 Å². The molecule has 1 atom stereocenters. The molecule has 0 saturated carbocycles. The molecular formula is C21H28N2. The van der Waals surface area contributed by atoms with Crippen LogP contribution in [0.2, 0.25) is 0 Å². The van der Waals surface area contributed by atoms with E-state index in [1.54, 1.807) is 0 Å². The lowest BCUT2D eigenvalue weighted by molar-refractivity contribution is 0.241. The van der Waals surface area contributed by atoms with Gasteiger partial charge in [-0.1, -0.05) is 61.0 Å². The summed E-state index contributed by atoms with van der Waals surface area (Å²) in [5.41, 5.74) is 5.55. The minimum absolute atomic E-state index is 0.362. The van der Waals surface area contributed by atoms with Crippen molar-refractivity contribution in [3.8, 4) is 0 Å². The zero-order valence-electron chi connectivity index (χ0n) is 14.4. The molecule has 0 amide bonds. The van der Waals surface area contributed by atoms with E-state index in [1.807, 2.05) is 0 Å². The number of hydrogen-bond acceptors (Lipinski definition) is 2. The van der Waals surface area contributed by atoms with Crippen LogP contribution in [-0.4, -0.2) is 31.1 Å². The first kappa shape index (κ1) is 16.2. The van der Waals surface area contributed by atoms with E-state index in [0.717, 1.165) is 32.6 Å². The van der Waals surface area contributed by atoms with Gasteiger partial charge in [-0.25, -0.2) is 0 Å². The first-order chi connectivity index (χ1) is 11.3. The molecule has 1 unspecified atom stereocenters. The first-order valence-electron chi connectivity index (χ1n) is 8.88. The van der Waals surface area contributed by atoms with Crippen LogP contribution in [0.15, 0.2) is 48.5 Å². The zero-order valence-corrected chi connectivity index (χ0v) is 14.4. The van der Waals surface area contributed by atoms with Gasteiger partial charge in [0.2, 0.25) is 0 Å². The minimum atomic E-state index is 0.362. The molecule has 1 aliphatic heterocycles. The molecule has 1 fully saturated rings. The fourth-order valence-electron chi connectivity index (χ4n) is 3.42. The summed E-state index contributed by atoms with van der Waals surface area (Å²) >= 11 is 0. The van der Waals surface area contributed by atoms with E-state index in [-0.39, 0.29) is 0 Å². The average molecular weight is 308 g/mol. The van der Waals surface area contributed by atoms with Crippen molar-refractivity contribution in [1.29, 1.82) is 0 Å². The van der Waals surface area contributed by atoms with Gasteiger partial charge in [-0.3, -0.25) is 4.90 Å². The number of hydrogen-bond donors (Lipinski definition) is 1. The number of nitrogens with one attached hydrogen (secondary N) is 1. The highest BCUT2D eigenvalue weighted by atomic mass is 15.2. The number of rotatable bonds is 4. The molecule has 122 valence electrons. The predicted octanol–water partition coefficient (Wildman–Crippen LogP) is 3.94. The quantitative estimate of drug-likeness (QED) is 0.920. The fraction of sp³-hybridized carbons (Fsp3) is 0.429. The highest BCUT2D eigenvalue weighted by molar-refractivity contribution is 5.35. The molecule has 2 heteroatoms. The van der Waals surface area contributed by atoms with Gasteiger partial charge in [0.05, 0.1) is 6.04 Å². The molecule has 2 aromatic carbocycles. The summed E-state index contributed by atoms with van der Waals surface area (Å²) in [6.07, 6.45) is 2.32. The Morgan fingerprint density at radius 1 is 0.913 bits per heavy atom. The third-order valence-corrected chi connectivity index (χ3v) is 4.84. The standard InChI is InChI=1S/C21H28N2/c1-3-18-7-11-20(12-8-18)21(19-9-5-17(2)6-10-19)23-15-4-13-22-14-16-23/h5-12,21-22H,3-4,13-16H2,1-2H3. The maximum Gasteiger partial charge on any atom is 0.0602 e. The van der Waals surface area contributed by atoms with Crippen LogP contribution in [0.5, 0.6) is 0 Å². The van der Waals surface area contributed by atoms with Crippen molar-refractivity contribution in [2.45, 2.75) is 32.7 Å². The second-order valence-corrected chi connectivity index (χ2v) is 6.55. The van der Waals surface area contributed by atoms with E-state index >= 15 is 0 Å². The molecule has 1 aliphatic rings. The summed E-state index contributed by atoms with van der Waals surface area (Å²) in [5, 5.41) is 3.52. The smallest absolute Gasteiger partial charge is 0.0602 e. The van der Waals surface area contributed by atoms with Gasteiger partial charge in [0.25, 0.3) is 0 Å². The summed E-state index contributed by atoms with van der Waals surface area (Å²) in [6, 6.07) is 18.6. The Labute approximate surface area is 140 Å². The maximum absolute atomic E-state index is 3.52. The Hall–Kier alpha value is -1.64. The first-order valence-corrected chi connectivity index (χ1v) is 8.88. The Bertz CT molecular complexity index is 593. The lowest BCUT2D eigenvalue weighted by Gasteiger charge is -2.31. The molecule has 0 aliphatic carbocycles. The summed E-state index contributed by atoms with van der Waals surface area (Å²) in [4.78, 5) is 2.63. The van der Waals surface area contributed by atoms with Gasteiger partial charge < -0.3 is 5.32 Å². The average Bonchev–Trinajstić information content (AvgIpc) is 2.87. The minimum Gasteiger partial charge on any atom is -0.315 e. The van der Waals surface area contributed by atoms with Gasteiger partial charge >= 0.3 is 0 Å². The normalized spacial score (nSPS) is 17.7. The summed E-state index contributed by atoms with van der Waals surface area (Å²) in [6.45, 7) is 8.84. The molecule has 3 rings (SSSR count). The lowest BCUT2D eigenvalue weighted by atomic mass is 9.95. The van der Waals surface area contributed by atoms with E-state index in [2.05, 4.69) is 72.6 Å². The molecule has 23 heavy (non-hydrogen) atoms. The maximum atomic E-state index is 3.52. The van der Waals surface area contributed by atoms with Crippen LogP contribution in [0, 0.1) is 6.92 Å². The van der Waals surface area contributed by atoms with Crippen molar-refractivity contribution in [2.75, 3.05) is 26.2 Å². The van der Waals surface area contributed by atoms with Crippen molar-refractivity contribution in [1.82, 2.24) is 10.2 Å². The van der Waals surface area contributed by atoms with Gasteiger partial charge in [0.15, 0.2) is 0 Å². The Morgan fingerprint density at radius 2 is 1.57 bits per heavy atom. The molecular weight excluding hydrogens is 280 g/mol. The molecule has 0 bridgehead atoms. The van der Waals surface area contributed by atoms with Crippen LogP contribution in [0.1, 0.15) is 41.6 Å². The van der Waals surface area contributed by atoms with Crippen LogP contribution >= 0.6 is 0 Å². The molecule has 1 N–H and O–H groups in total. The van der Waals surface area contributed by atoms with E-state index in [1.165, 1.54) is 28.7 Å². The van der Waals surface area contributed by atoms with Gasteiger partial charge in [0, 0.05) is 19.6 Å². The summed E-state index contributed by atoms with van der Waals surface area (Å²) in [7, 11) is 0. The van der Waals surface area contributed by atoms with Crippen molar-refractivity contribution >= 4 is 0 Å². The third kappa shape index (κ3) is 4.01. The number of benzene rings is 2. The zero-order chi connectivity index (χ0) is 16.1. The van der Waals surface area contributed by atoms with Crippen molar-refractivity contribution in [3.63, 3.8) is 0 Å². The van der Waals surface area contributed by atoms with E-state index < -0.39 is 0 Å². The fourth-order valence-corrected chi connectivity index (χ4v) is 3.42. The Balaban J connectivity index is 1.95. The molecule has 2 aromatic rings. The second kappa shape index (κ2) is 7.76. The Morgan fingerprint density at radius 3 is 2.22 bits per heavy atom. The van der Waals surface area contributed by atoms with Crippen LogP contribution in [-0.2, 0) is 6.42 Å². The van der Waals surface area contributed by atoms with Gasteiger partial charge in [-0.2, -0.15) is 0 Å². The monoisotopic (exact) mass is 308 g/mol. The van der Waals surface area contributed by atoms with Crippen LogP contribution in [0.3, 0.4) is 0 Å². The second-order valence-electron chi connectivity index (χ2n) is 6.55.